The summed E-state index contributed by atoms with van der Waals surface area (Å²) in [4.78, 5) is -0.0292. The molecule has 0 saturated carbocycles. The van der Waals surface area contributed by atoms with E-state index in [1.54, 1.807) is 32.2 Å². The molecule has 2 aromatic rings. The van der Waals surface area contributed by atoms with E-state index in [0.717, 1.165) is 5.56 Å². The van der Waals surface area contributed by atoms with Gasteiger partial charge in [-0.15, -0.1) is 0 Å². The van der Waals surface area contributed by atoms with Gasteiger partial charge in [0.2, 0.25) is 0 Å². The number of benzene rings is 1. The fraction of sp³-hybridized carbons (Fsp3) is 0.308. The number of H-pyrrole nitrogens is 1. The number of aromatic amines is 1. The SMILES string of the molecule is COc1ccc(NS(=O)(=O)c2c(CO)n[nH]c2C)cc1C. The summed E-state index contributed by atoms with van der Waals surface area (Å²) < 4.78 is 32.4. The molecule has 0 aliphatic carbocycles. The Balaban J connectivity index is 2.37. The van der Waals surface area contributed by atoms with Crippen LogP contribution in [0.1, 0.15) is 17.0 Å². The van der Waals surface area contributed by atoms with Crippen molar-refractivity contribution in [3.8, 4) is 5.75 Å². The topological polar surface area (TPSA) is 104 Å². The van der Waals surface area contributed by atoms with Crippen molar-refractivity contribution in [2.75, 3.05) is 11.8 Å². The second-order valence-corrected chi connectivity index (χ2v) is 6.19. The van der Waals surface area contributed by atoms with Crippen molar-refractivity contribution in [2.45, 2.75) is 25.3 Å². The predicted octanol–water partition coefficient (Wildman–Crippen LogP) is 1.33. The first-order chi connectivity index (χ1) is 9.89. The summed E-state index contributed by atoms with van der Waals surface area (Å²) in [7, 11) is -2.27. The smallest absolute Gasteiger partial charge is 0.265 e. The monoisotopic (exact) mass is 311 g/mol. The van der Waals surface area contributed by atoms with Gasteiger partial charge < -0.3 is 9.84 Å². The van der Waals surface area contributed by atoms with Crippen molar-refractivity contribution in [2.24, 2.45) is 0 Å². The van der Waals surface area contributed by atoms with Gasteiger partial charge in [0.15, 0.2) is 0 Å². The normalized spacial score (nSPS) is 11.4. The van der Waals surface area contributed by atoms with Gasteiger partial charge in [-0.3, -0.25) is 9.82 Å². The molecule has 1 aromatic carbocycles. The zero-order valence-electron chi connectivity index (χ0n) is 12.0. The third-order valence-corrected chi connectivity index (χ3v) is 4.61. The van der Waals surface area contributed by atoms with E-state index >= 15 is 0 Å². The van der Waals surface area contributed by atoms with Gasteiger partial charge in [-0.05, 0) is 37.6 Å². The maximum atomic E-state index is 12.4. The number of aliphatic hydroxyl groups is 1. The second-order valence-electron chi connectivity index (χ2n) is 4.57. The van der Waals surface area contributed by atoms with Gasteiger partial charge in [0.25, 0.3) is 10.0 Å². The molecule has 0 atom stereocenters. The molecule has 2 rings (SSSR count). The fourth-order valence-electron chi connectivity index (χ4n) is 2.08. The highest BCUT2D eigenvalue weighted by Crippen LogP contribution is 2.25. The quantitative estimate of drug-likeness (QED) is 0.772. The molecule has 0 aliphatic rings. The average Bonchev–Trinajstić information content (AvgIpc) is 2.80. The third kappa shape index (κ3) is 3.01. The Kier molecular flexibility index (Phi) is 4.19. The van der Waals surface area contributed by atoms with Gasteiger partial charge in [0.05, 0.1) is 19.4 Å². The number of methoxy groups -OCH3 is 1. The highest BCUT2D eigenvalue weighted by Gasteiger charge is 2.24. The lowest BCUT2D eigenvalue weighted by Crippen LogP contribution is -2.15. The van der Waals surface area contributed by atoms with Gasteiger partial charge in [-0.1, -0.05) is 0 Å². The minimum atomic E-state index is -3.82. The van der Waals surface area contributed by atoms with Crippen LogP contribution in [0.25, 0.3) is 0 Å². The Hall–Kier alpha value is -2.06. The zero-order chi connectivity index (χ0) is 15.6. The van der Waals surface area contributed by atoms with Crippen LogP contribution in [0, 0.1) is 13.8 Å². The second kappa shape index (κ2) is 5.74. The minimum absolute atomic E-state index is 0.0292. The molecule has 1 aromatic heterocycles. The number of ether oxygens (including phenoxy) is 1. The van der Waals surface area contributed by atoms with Crippen LogP contribution in [-0.2, 0) is 16.6 Å². The average molecular weight is 311 g/mol. The number of aromatic nitrogens is 2. The van der Waals surface area contributed by atoms with Crippen molar-refractivity contribution < 1.29 is 18.3 Å². The zero-order valence-corrected chi connectivity index (χ0v) is 12.8. The van der Waals surface area contributed by atoms with Crippen LogP contribution in [0.4, 0.5) is 5.69 Å². The van der Waals surface area contributed by atoms with Crippen LogP contribution in [0.2, 0.25) is 0 Å². The molecule has 0 amide bonds. The summed E-state index contributed by atoms with van der Waals surface area (Å²) in [6, 6.07) is 4.96. The van der Waals surface area contributed by atoms with Crippen LogP contribution >= 0.6 is 0 Å². The van der Waals surface area contributed by atoms with Crippen LogP contribution in [0.3, 0.4) is 0 Å². The Morgan fingerprint density at radius 3 is 2.67 bits per heavy atom. The Labute approximate surface area is 123 Å². The molecule has 0 radical (unpaired) electrons. The summed E-state index contributed by atoms with van der Waals surface area (Å²) >= 11 is 0. The number of nitrogens with one attached hydrogen (secondary N) is 2. The number of hydrogen-bond donors (Lipinski definition) is 3. The van der Waals surface area contributed by atoms with E-state index in [4.69, 9.17) is 4.74 Å². The lowest BCUT2D eigenvalue weighted by atomic mass is 10.2. The van der Waals surface area contributed by atoms with Crippen molar-refractivity contribution in [1.82, 2.24) is 10.2 Å². The van der Waals surface area contributed by atoms with E-state index in [2.05, 4.69) is 14.9 Å². The lowest BCUT2D eigenvalue weighted by Gasteiger charge is -2.11. The molecule has 0 saturated heterocycles. The molecule has 3 N–H and O–H groups in total. The highest BCUT2D eigenvalue weighted by molar-refractivity contribution is 7.92. The third-order valence-electron chi connectivity index (χ3n) is 3.03. The van der Waals surface area contributed by atoms with Gasteiger partial charge in [0.1, 0.15) is 16.3 Å². The molecule has 0 aliphatic heterocycles. The number of hydrogen-bond acceptors (Lipinski definition) is 5. The molecule has 114 valence electrons. The molecular formula is C13H17N3O4S. The van der Waals surface area contributed by atoms with Crippen molar-refractivity contribution in [3.63, 3.8) is 0 Å². The minimum Gasteiger partial charge on any atom is -0.496 e. The van der Waals surface area contributed by atoms with Crippen LogP contribution in [-0.4, -0.2) is 30.8 Å². The van der Waals surface area contributed by atoms with Crippen molar-refractivity contribution in [1.29, 1.82) is 0 Å². The molecule has 7 nitrogen and oxygen atoms in total. The number of nitrogens with zero attached hydrogens (tertiary/aromatic N) is 1. The molecule has 21 heavy (non-hydrogen) atoms. The first-order valence-corrected chi connectivity index (χ1v) is 7.69. The van der Waals surface area contributed by atoms with Gasteiger partial charge in [-0.25, -0.2) is 8.42 Å². The number of sulfonamides is 1. The summed E-state index contributed by atoms with van der Waals surface area (Å²) in [6.07, 6.45) is 0. The summed E-state index contributed by atoms with van der Waals surface area (Å²) in [6.45, 7) is 2.95. The Morgan fingerprint density at radius 1 is 1.38 bits per heavy atom. The number of aryl methyl sites for hydroxylation is 2. The molecule has 0 unspecified atom stereocenters. The molecule has 8 heteroatoms. The Bertz CT molecular complexity index is 753. The molecule has 0 fully saturated rings. The summed E-state index contributed by atoms with van der Waals surface area (Å²) in [5, 5.41) is 15.5. The number of anilines is 1. The van der Waals surface area contributed by atoms with Crippen LogP contribution in [0.5, 0.6) is 5.75 Å². The van der Waals surface area contributed by atoms with Crippen LogP contribution in [0.15, 0.2) is 23.1 Å². The summed E-state index contributed by atoms with van der Waals surface area (Å²) in [5.74, 6) is 0.675. The molecule has 1 heterocycles. The fourth-order valence-corrected chi connectivity index (χ4v) is 3.49. The summed E-state index contributed by atoms with van der Waals surface area (Å²) in [5.41, 5.74) is 1.68. The maximum absolute atomic E-state index is 12.4. The van der Waals surface area contributed by atoms with E-state index < -0.39 is 16.6 Å². The van der Waals surface area contributed by atoms with E-state index in [1.165, 1.54) is 0 Å². The van der Waals surface area contributed by atoms with E-state index in [9.17, 15) is 13.5 Å². The first-order valence-electron chi connectivity index (χ1n) is 6.21. The van der Waals surface area contributed by atoms with Gasteiger partial charge in [0, 0.05) is 5.69 Å². The molecule has 0 bridgehead atoms. The lowest BCUT2D eigenvalue weighted by molar-refractivity contribution is 0.273. The predicted molar refractivity (Wildman–Crippen MR) is 77.8 cm³/mol. The number of aliphatic hydroxyl groups excluding tert-OH is 1. The standard InChI is InChI=1S/C13H17N3O4S/c1-8-6-10(4-5-12(8)20-3)16-21(18,19)13-9(2)14-15-11(13)7-17/h4-6,16-17H,7H2,1-3H3,(H,14,15). The van der Waals surface area contributed by atoms with Gasteiger partial charge >= 0.3 is 0 Å². The molecule has 0 spiro atoms. The Morgan fingerprint density at radius 2 is 2.10 bits per heavy atom. The maximum Gasteiger partial charge on any atom is 0.265 e. The first kappa shape index (κ1) is 15.3. The highest BCUT2D eigenvalue weighted by atomic mass is 32.2. The van der Waals surface area contributed by atoms with E-state index in [-0.39, 0.29) is 10.6 Å². The van der Waals surface area contributed by atoms with Crippen LogP contribution < -0.4 is 9.46 Å². The van der Waals surface area contributed by atoms with E-state index in [0.29, 0.717) is 17.1 Å². The van der Waals surface area contributed by atoms with Crippen molar-refractivity contribution in [3.05, 3.63) is 35.2 Å². The van der Waals surface area contributed by atoms with Crippen molar-refractivity contribution >= 4 is 15.7 Å². The van der Waals surface area contributed by atoms with E-state index in [1.807, 2.05) is 6.92 Å². The van der Waals surface area contributed by atoms with Gasteiger partial charge in [-0.2, -0.15) is 5.10 Å². The molecular weight excluding hydrogens is 294 g/mol. The number of rotatable bonds is 5. The largest absolute Gasteiger partial charge is 0.496 e.